The van der Waals surface area contributed by atoms with Gasteiger partial charge >= 0.3 is 5.97 Å². The maximum Gasteiger partial charge on any atom is 0.333 e. The summed E-state index contributed by atoms with van der Waals surface area (Å²) in [5.41, 5.74) is 9.24. The molecule has 0 saturated heterocycles. The summed E-state index contributed by atoms with van der Waals surface area (Å²) in [4.78, 5) is 63.5. The van der Waals surface area contributed by atoms with Crippen molar-refractivity contribution in [2.24, 2.45) is 0 Å². The molecule has 3 aromatic carbocycles. The third kappa shape index (κ3) is 2.74. The van der Waals surface area contributed by atoms with Crippen LogP contribution in [0.2, 0.25) is 0 Å². The van der Waals surface area contributed by atoms with Gasteiger partial charge in [-0.15, -0.1) is 0 Å². The second-order valence-corrected chi connectivity index (χ2v) is 7.21. The minimum absolute atomic E-state index is 0.145. The van der Waals surface area contributed by atoms with E-state index in [-0.39, 0.29) is 62.4 Å². The van der Waals surface area contributed by atoms with Crippen LogP contribution < -0.4 is 33.4 Å². The molecule has 31 heavy (non-hydrogen) atoms. The van der Waals surface area contributed by atoms with E-state index in [9.17, 15) is 24.0 Å². The molecule has 4 aromatic rings. The minimum Gasteiger partial charge on any atom is -0.460 e. The van der Waals surface area contributed by atoms with Crippen LogP contribution in [0.1, 0.15) is 6.92 Å². The van der Waals surface area contributed by atoms with Crippen LogP contribution in [0.5, 0.6) is 0 Å². The Balaban J connectivity index is 2.05. The quantitative estimate of drug-likeness (QED) is 0.160. The lowest BCUT2D eigenvalue weighted by Crippen LogP contribution is -2.28. The van der Waals surface area contributed by atoms with E-state index >= 15 is 0 Å². The predicted molar refractivity (Wildman–Crippen MR) is 119 cm³/mol. The maximum absolute atomic E-state index is 13.0. The molecule has 4 N–H and O–H groups in total. The number of hydrogen-bond donors (Lipinski definition) is 2. The van der Waals surface area contributed by atoms with E-state index in [0.717, 1.165) is 4.57 Å². The summed E-state index contributed by atoms with van der Waals surface area (Å²) < 4.78 is 5.76. The van der Waals surface area contributed by atoms with Crippen molar-refractivity contribution in [2.45, 2.75) is 13.5 Å². The Hall–Kier alpha value is -4.27. The highest BCUT2D eigenvalue weighted by molar-refractivity contribution is 6.20. The number of nitrogens with two attached hydrogens (primary N) is 2. The van der Waals surface area contributed by atoms with E-state index in [0.29, 0.717) is 0 Å². The lowest BCUT2D eigenvalue weighted by Gasteiger charge is -2.07. The van der Waals surface area contributed by atoms with Crippen molar-refractivity contribution >= 4 is 49.7 Å². The molecule has 9 nitrogen and oxygen atoms in total. The Morgan fingerprint density at radius 1 is 0.903 bits per heavy atom. The molecule has 0 spiro atoms. The normalized spacial score (nSPS) is 11.4. The van der Waals surface area contributed by atoms with Crippen LogP contribution >= 0.6 is 0 Å². The molecule has 0 aliphatic carbocycles. The summed E-state index contributed by atoms with van der Waals surface area (Å²) in [5.74, 6) is -0.667. The average molecular weight is 419 g/mol. The monoisotopic (exact) mass is 419 g/mol. The van der Waals surface area contributed by atoms with Crippen molar-refractivity contribution in [3.63, 3.8) is 0 Å². The van der Waals surface area contributed by atoms with Gasteiger partial charge in [0.1, 0.15) is 6.61 Å². The number of nitrogen functional groups attached to an aromatic ring is 2. The van der Waals surface area contributed by atoms with Gasteiger partial charge in [-0.1, -0.05) is 30.8 Å². The number of nitrogens with zero attached hydrogens (tertiary/aromatic N) is 1. The van der Waals surface area contributed by atoms with Gasteiger partial charge in [0.05, 0.1) is 39.5 Å². The first-order valence-electron chi connectivity index (χ1n) is 9.29. The number of hydrogen-bond acceptors (Lipinski definition) is 8. The smallest absolute Gasteiger partial charge is 0.333 e. The fourth-order valence-electron chi connectivity index (χ4n) is 3.77. The van der Waals surface area contributed by atoms with Crippen molar-refractivity contribution in [3.05, 3.63) is 77.6 Å². The highest BCUT2D eigenvalue weighted by Crippen LogP contribution is 2.31. The molecule has 0 aliphatic heterocycles. The second-order valence-electron chi connectivity index (χ2n) is 7.21. The maximum atomic E-state index is 13.0. The van der Waals surface area contributed by atoms with Crippen LogP contribution in [0.15, 0.2) is 55.6 Å². The molecule has 4 rings (SSSR count). The fraction of sp³-hybridized carbons (Fsp3) is 0.136. The molecule has 1 heterocycles. The van der Waals surface area contributed by atoms with Crippen LogP contribution in [0.3, 0.4) is 0 Å². The van der Waals surface area contributed by atoms with E-state index in [1.807, 2.05) is 0 Å². The largest absolute Gasteiger partial charge is 0.460 e. The summed E-state index contributed by atoms with van der Waals surface area (Å²) in [6.45, 7) is 4.39. The highest BCUT2D eigenvalue weighted by Gasteiger charge is 2.25. The van der Waals surface area contributed by atoms with Crippen LogP contribution in [-0.4, -0.2) is 17.1 Å². The number of carbonyl (C=O) groups excluding carboxylic acids is 1. The molecule has 156 valence electrons. The summed E-state index contributed by atoms with van der Waals surface area (Å²) in [5, 5.41) is -0.535. The lowest BCUT2D eigenvalue weighted by molar-refractivity contribution is -0.139. The summed E-state index contributed by atoms with van der Waals surface area (Å²) in [6, 6.07) is 6.17. The number of aromatic nitrogens is 1. The van der Waals surface area contributed by atoms with Gasteiger partial charge in [-0.3, -0.25) is 23.7 Å². The standard InChI is InChI=1S/C22H17N3O6/c1-9(2)22(30)31-8-7-25-20(28)14-15(21(25)29)17(24)13-12(16(14)23)18(26)10-5-3-4-6-11(10)19(13)27/h3-6H,1,7-8,23-24H2,2H3. The molecular weight excluding hydrogens is 402 g/mol. The molecule has 0 bridgehead atoms. The van der Waals surface area contributed by atoms with Crippen molar-refractivity contribution in [2.75, 3.05) is 18.1 Å². The zero-order valence-electron chi connectivity index (χ0n) is 16.5. The van der Waals surface area contributed by atoms with E-state index in [1.54, 1.807) is 12.1 Å². The Bertz CT molecular complexity index is 1550. The Kier molecular flexibility index (Phi) is 4.46. The first-order valence-corrected chi connectivity index (χ1v) is 9.29. The van der Waals surface area contributed by atoms with Crippen molar-refractivity contribution in [1.82, 2.24) is 4.57 Å². The highest BCUT2D eigenvalue weighted by atomic mass is 16.5. The predicted octanol–water partition coefficient (Wildman–Crippen LogP) is 0.548. The number of ether oxygens (including phenoxy) is 1. The third-order valence-electron chi connectivity index (χ3n) is 5.26. The minimum atomic E-state index is -0.780. The van der Waals surface area contributed by atoms with Gasteiger partial charge in [-0.25, -0.2) is 4.79 Å². The molecule has 0 amide bonds. The van der Waals surface area contributed by atoms with Gasteiger partial charge in [0.25, 0.3) is 11.1 Å². The van der Waals surface area contributed by atoms with Gasteiger partial charge in [-0.2, -0.15) is 0 Å². The molecule has 0 radical (unpaired) electrons. The van der Waals surface area contributed by atoms with Gasteiger partial charge in [0.15, 0.2) is 10.9 Å². The molecule has 0 fully saturated rings. The molecule has 0 unspecified atom stereocenters. The molecule has 0 aliphatic rings. The first-order chi connectivity index (χ1) is 14.7. The van der Waals surface area contributed by atoms with E-state index in [1.165, 1.54) is 19.1 Å². The fourth-order valence-corrected chi connectivity index (χ4v) is 3.77. The van der Waals surface area contributed by atoms with Crippen LogP contribution in [0.25, 0.3) is 32.3 Å². The van der Waals surface area contributed by atoms with Gasteiger partial charge in [0.2, 0.25) is 0 Å². The Morgan fingerprint density at radius 2 is 1.35 bits per heavy atom. The summed E-state index contributed by atoms with van der Waals surface area (Å²) >= 11 is 0. The van der Waals surface area contributed by atoms with Crippen LogP contribution in [0, 0.1) is 0 Å². The first kappa shape index (κ1) is 20.0. The number of rotatable bonds is 4. The van der Waals surface area contributed by atoms with E-state index in [4.69, 9.17) is 16.2 Å². The van der Waals surface area contributed by atoms with Crippen molar-refractivity contribution in [1.29, 1.82) is 0 Å². The van der Waals surface area contributed by atoms with Crippen LogP contribution in [-0.2, 0) is 16.1 Å². The summed E-state index contributed by atoms with van der Waals surface area (Å²) in [7, 11) is 0. The SMILES string of the molecule is C=C(C)C(=O)OCCn1c(=O)c2c(N)c3c(=O)c4ccccc4c(=O)c3c(N)c2c1=O. The molecular formula is C22H17N3O6. The molecule has 0 saturated carbocycles. The third-order valence-corrected chi connectivity index (χ3v) is 5.26. The van der Waals surface area contributed by atoms with Crippen molar-refractivity contribution < 1.29 is 9.53 Å². The molecule has 0 atom stereocenters. The average Bonchev–Trinajstić information content (AvgIpc) is 2.99. The topological polar surface area (TPSA) is 152 Å². The number of anilines is 2. The van der Waals surface area contributed by atoms with Crippen LogP contribution in [0.4, 0.5) is 11.4 Å². The Morgan fingerprint density at radius 3 is 1.77 bits per heavy atom. The number of esters is 1. The number of fused-ring (bicyclic) bond motifs is 3. The number of benzene rings is 3. The lowest BCUT2D eigenvalue weighted by atomic mass is 9.97. The van der Waals surface area contributed by atoms with E-state index < -0.39 is 27.9 Å². The second kappa shape index (κ2) is 6.91. The number of carbonyl (C=O) groups is 1. The van der Waals surface area contributed by atoms with Crippen molar-refractivity contribution in [3.8, 4) is 0 Å². The zero-order chi connectivity index (χ0) is 22.6. The van der Waals surface area contributed by atoms with Gasteiger partial charge < -0.3 is 16.2 Å². The molecule has 9 heteroatoms. The zero-order valence-corrected chi connectivity index (χ0v) is 16.5. The Labute approximate surface area is 173 Å². The van der Waals surface area contributed by atoms with E-state index in [2.05, 4.69) is 6.58 Å². The van der Waals surface area contributed by atoms with Gasteiger partial charge in [0, 0.05) is 16.3 Å². The van der Waals surface area contributed by atoms with Gasteiger partial charge in [-0.05, 0) is 6.92 Å². The molecule has 1 aromatic heterocycles. The summed E-state index contributed by atoms with van der Waals surface area (Å²) in [6.07, 6.45) is 0.